The first-order chi connectivity index (χ1) is 9.70. The summed E-state index contributed by atoms with van der Waals surface area (Å²) in [6.45, 7) is 2.30. The monoisotopic (exact) mass is 311 g/mol. The van der Waals surface area contributed by atoms with Crippen LogP contribution < -0.4 is 10.6 Å². The van der Waals surface area contributed by atoms with E-state index in [0.29, 0.717) is 24.2 Å². The van der Waals surface area contributed by atoms with Crippen molar-refractivity contribution in [1.29, 1.82) is 0 Å². The molecule has 1 aromatic rings. The zero-order valence-electron chi connectivity index (χ0n) is 12.2. The number of likely N-dealkylation sites (tertiary alicyclic amines) is 1. The summed E-state index contributed by atoms with van der Waals surface area (Å²) >= 11 is 0. The third-order valence-corrected chi connectivity index (χ3v) is 3.39. The van der Waals surface area contributed by atoms with E-state index in [0.717, 1.165) is 25.9 Å². The van der Waals surface area contributed by atoms with Gasteiger partial charge in [0, 0.05) is 37.3 Å². The van der Waals surface area contributed by atoms with Gasteiger partial charge in [-0.25, -0.2) is 0 Å². The summed E-state index contributed by atoms with van der Waals surface area (Å²) in [5.41, 5.74) is 1.31. The van der Waals surface area contributed by atoms with Crippen LogP contribution >= 0.6 is 12.4 Å². The topological polar surface area (TPSA) is 61.4 Å². The van der Waals surface area contributed by atoms with Crippen LogP contribution in [0.4, 0.5) is 5.69 Å². The van der Waals surface area contributed by atoms with Gasteiger partial charge in [0.25, 0.3) is 5.91 Å². The molecule has 1 aliphatic rings. The second kappa shape index (κ2) is 8.64. The van der Waals surface area contributed by atoms with E-state index < -0.39 is 0 Å². The summed E-state index contributed by atoms with van der Waals surface area (Å²) in [4.78, 5) is 25.8. The van der Waals surface area contributed by atoms with Crippen molar-refractivity contribution in [3.05, 3.63) is 29.8 Å². The molecule has 116 valence electrons. The van der Waals surface area contributed by atoms with Crippen molar-refractivity contribution in [3.63, 3.8) is 0 Å². The minimum absolute atomic E-state index is 0. The summed E-state index contributed by atoms with van der Waals surface area (Å²) in [6.07, 6.45) is 2.57. The zero-order valence-corrected chi connectivity index (χ0v) is 13.0. The fourth-order valence-corrected chi connectivity index (χ4v) is 2.29. The van der Waals surface area contributed by atoms with Crippen molar-refractivity contribution < 1.29 is 9.59 Å². The smallest absolute Gasteiger partial charge is 0.253 e. The predicted octanol–water partition coefficient (Wildman–Crippen LogP) is 1.89. The van der Waals surface area contributed by atoms with E-state index in [1.165, 1.54) is 0 Å². The molecule has 2 amide bonds. The summed E-state index contributed by atoms with van der Waals surface area (Å²) in [5.74, 6) is -0.000977. The van der Waals surface area contributed by atoms with Crippen LogP contribution in [0.3, 0.4) is 0 Å². The molecule has 5 nitrogen and oxygen atoms in total. The molecule has 0 radical (unpaired) electrons. The maximum absolute atomic E-state index is 12.3. The Labute approximate surface area is 131 Å². The molecule has 0 spiro atoms. The number of carbonyl (C=O) groups is 2. The zero-order chi connectivity index (χ0) is 14.4. The van der Waals surface area contributed by atoms with Crippen molar-refractivity contribution in [3.8, 4) is 0 Å². The Hall–Kier alpha value is -1.59. The standard InChI is InChI=1S/C15H21N3O2.ClH/c1-16-8-7-14(19)17-13-6-4-5-12(11-13)15(20)18-9-2-3-10-18;/h4-6,11,16H,2-3,7-10H2,1H3,(H,17,19);1H. The van der Waals surface area contributed by atoms with E-state index in [9.17, 15) is 9.59 Å². The Kier molecular flexibility index (Phi) is 7.19. The molecular weight excluding hydrogens is 290 g/mol. The van der Waals surface area contributed by atoms with Crippen molar-refractivity contribution in [2.45, 2.75) is 19.3 Å². The predicted molar refractivity (Wildman–Crippen MR) is 86.0 cm³/mol. The van der Waals surface area contributed by atoms with E-state index >= 15 is 0 Å². The van der Waals surface area contributed by atoms with Gasteiger partial charge in [0.1, 0.15) is 0 Å². The second-order valence-electron chi connectivity index (χ2n) is 4.98. The highest BCUT2D eigenvalue weighted by atomic mass is 35.5. The van der Waals surface area contributed by atoms with E-state index in [4.69, 9.17) is 0 Å². The molecule has 0 atom stereocenters. The fraction of sp³-hybridized carbons (Fsp3) is 0.467. The van der Waals surface area contributed by atoms with Crippen molar-refractivity contribution >= 4 is 29.9 Å². The van der Waals surface area contributed by atoms with E-state index in [1.807, 2.05) is 11.9 Å². The molecule has 0 aromatic heterocycles. The van der Waals surface area contributed by atoms with E-state index in [-0.39, 0.29) is 24.2 Å². The average molecular weight is 312 g/mol. The molecule has 2 N–H and O–H groups in total. The minimum atomic E-state index is -0.0508. The first kappa shape index (κ1) is 17.5. The van der Waals surface area contributed by atoms with Gasteiger partial charge in [0.2, 0.25) is 5.91 Å². The lowest BCUT2D eigenvalue weighted by Gasteiger charge is -2.15. The van der Waals surface area contributed by atoms with Crippen LogP contribution in [0.2, 0.25) is 0 Å². The van der Waals surface area contributed by atoms with Crippen LogP contribution in [0.1, 0.15) is 29.6 Å². The van der Waals surface area contributed by atoms with Crippen molar-refractivity contribution in [1.82, 2.24) is 10.2 Å². The molecule has 0 unspecified atom stereocenters. The number of hydrogen-bond acceptors (Lipinski definition) is 3. The van der Waals surface area contributed by atoms with Gasteiger partial charge in [-0.2, -0.15) is 0 Å². The third kappa shape index (κ3) is 5.02. The maximum Gasteiger partial charge on any atom is 0.253 e. The number of amides is 2. The van der Waals surface area contributed by atoms with Crippen LogP contribution in [0.15, 0.2) is 24.3 Å². The Bertz CT molecular complexity index is 488. The molecule has 0 aliphatic carbocycles. The molecular formula is C15H22ClN3O2. The Balaban J connectivity index is 0.00000220. The maximum atomic E-state index is 12.3. The Morgan fingerprint density at radius 3 is 2.62 bits per heavy atom. The van der Waals surface area contributed by atoms with Gasteiger partial charge in [0.05, 0.1) is 0 Å². The number of hydrogen-bond donors (Lipinski definition) is 2. The largest absolute Gasteiger partial charge is 0.339 e. The molecule has 1 saturated heterocycles. The molecule has 0 saturated carbocycles. The van der Waals surface area contributed by atoms with Crippen LogP contribution in [0, 0.1) is 0 Å². The molecule has 21 heavy (non-hydrogen) atoms. The molecule has 6 heteroatoms. The van der Waals surface area contributed by atoms with Gasteiger partial charge in [-0.15, -0.1) is 12.4 Å². The van der Waals surface area contributed by atoms with Crippen LogP contribution in [-0.2, 0) is 4.79 Å². The highest BCUT2D eigenvalue weighted by Gasteiger charge is 2.19. The van der Waals surface area contributed by atoms with Crippen LogP contribution in [0.5, 0.6) is 0 Å². The van der Waals surface area contributed by atoms with Crippen LogP contribution in [0.25, 0.3) is 0 Å². The second-order valence-corrected chi connectivity index (χ2v) is 4.98. The lowest BCUT2D eigenvalue weighted by atomic mass is 10.1. The number of nitrogens with zero attached hydrogens (tertiary/aromatic N) is 1. The first-order valence-corrected chi connectivity index (χ1v) is 7.04. The lowest BCUT2D eigenvalue weighted by Crippen LogP contribution is -2.27. The summed E-state index contributed by atoms with van der Waals surface area (Å²) in [6, 6.07) is 7.15. The van der Waals surface area contributed by atoms with Gasteiger partial charge in [-0.3, -0.25) is 9.59 Å². The third-order valence-electron chi connectivity index (χ3n) is 3.39. The molecule has 1 fully saturated rings. The van der Waals surface area contributed by atoms with Gasteiger partial charge >= 0.3 is 0 Å². The fourth-order valence-electron chi connectivity index (χ4n) is 2.29. The van der Waals surface area contributed by atoms with E-state index in [2.05, 4.69) is 10.6 Å². The summed E-state index contributed by atoms with van der Waals surface area (Å²) in [7, 11) is 1.81. The van der Waals surface area contributed by atoms with Gasteiger partial charge in [-0.05, 0) is 38.1 Å². The molecule has 1 aromatic carbocycles. The summed E-state index contributed by atoms with van der Waals surface area (Å²) in [5, 5.41) is 5.74. The molecule has 1 aliphatic heterocycles. The molecule has 2 rings (SSSR count). The first-order valence-electron chi connectivity index (χ1n) is 7.04. The minimum Gasteiger partial charge on any atom is -0.339 e. The highest BCUT2D eigenvalue weighted by molar-refractivity contribution is 5.97. The molecule has 1 heterocycles. The van der Waals surface area contributed by atoms with Crippen LogP contribution in [-0.4, -0.2) is 43.4 Å². The number of carbonyl (C=O) groups excluding carboxylic acids is 2. The Morgan fingerprint density at radius 2 is 1.95 bits per heavy atom. The van der Waals surface area contributed by atoms with Gasteiger partial charge in [0.15, 0.2) is 0 Å². The number of nitrogens with one attached hydrogen (secondary N) is 2. The quantitative estimate of drug-likeness (QED) is 0.873. The number of halogens is 1. The Morgan fingerprint density at radius 1 is 1.24 bits per heavy atom. The lowest BCUT2D eigenvalue weighted by molar-refractivity contribution is -0.116. The number of benzene rings is 1. The summed E-state index contributed by atoms with van der Waals surface area (Å²) < 4.78 is 0. The number of rotatable bonds is 5. The number of anilines is 1. The highest BCUT2D eigenvalue weighted by Crippen LogP contribution is 2.16. The average Bonchev–Trinajstić information content (AvgIpc) is 2.98. The van der Waals surface area contributed by atoms with Crippen molar-refractivity contribution in [2.24, 2.45) is 0 Å². The normalized spacial score (nSPS) is 13.7. The van der Waals surface area contributed by atoms with Gasteiger partial charge in [-0.1, -0.05) is 6.07 Å². The van der Waals surface area contributed by atoms with E-state index in [1.54, 1.807) is 24.3 Å². The van der Waals surface area contributed by atoms with Gasteiger partial charge < -0.3 is 15.5 Å². The van der Waals surface area contributed by atoms with Crippen molar-refractivity contribution in [2.75, 3.05) is 32.0 Å². The molecule has 0 bridgehead atoms. The SMILES string of the molecule is CNCCC(=O)Nc1cccc(C(=O)N2CCCC2)c1.Cl.